The number of hydrogen-bond acceptors (Lipinski definition) is 1. The van der Waals surface area contributed by atoms with Crippen molar-refractivity contribution in [1.29, 1.82) is 0 Å². The average Bonchev–Trinajstić information content (AvgIpc) is 2.51. The minimum Gasteiger partial charge on any atom is -0.206 e. The molecule has 1 aromatic heterocycles. The molecule has 1 aromatic carbocycles. The molecule has 14 heavy (non-hydrogen) atoms. The summed E-state index contributed by atoms with van der Waals surface area (Å²) in [6.07, 6.45) is 0. The van der Waals surface area contributed by atoms with Crippen molar-refractivity contribution in [2.75, 3.05) is 0 Å². The van der Waals surface area contributed by atoms with E-state index < -0.39 is 0 Å². The zero-order valence-corrected chi connectivity index (χ0v) is 9.26. The molecule has 0 saturated carbocycles. The van der Waals surface area contributed by atoms with E-state index in [1.807, 2.05) is 5.38 Å². The van der Waals surface area contributed by atoms with Crippen LogP contribution in [-0.4, -0.2) is 0 Å². The zero-order chi connectivity index (χ0) is 10.1. The summed E-state index contributed by atoms with van der Waals surface area (Å²) in [5, 5.41) is 2.21. The molecule has 0 atom stereocenters. The SMILES string of the molecule is Fc1cc(Cl)ccc1-c1csc(Cl)c1. The molecule has 2 aromatic rings. The van der Waals surface area contributed by atoms with Crippen LogP contribution in [0.4, 0.5) is 4.39 Å². The highest BCUT2D eigenvalue weighted by atomic mass is 35.5. The Hall–Kier alpha value is -0.570. The Morgan fingerprint density at radius 1 is 1.14 bits per heavy atom. The highest BCUT2D eigenvalue weighted by Gasteiger charge is 2.07. The Balaban J connectivity index is 2.52. The fraction of sp³-hybridized carbons (Fsp3) is 0. The van der Waals surface area contributed by atoms with Gasteiger partial charge >= 0.3 is 0 Å². The standard InChI is InChI=1S/C10H5Cl2FS/c11-7-1-2-8(9(13)4-7)6-3-10(12)14-5-6/h1-5H. The van der Waals surface area contributed by atoms with E-state index in [1.54, 1.807) is 18.2 Å². The summed E-state index contributed by atoms with van der Waals surface area (Å²) in [6.45, 7) is 0. The Morgan fingerprint density at radius 3 is 2.50 bits per heavy atom. The molecule has 0 bridgehead atoms. The van der Waals surface area contributed by atoms with Crippen LogP contribution in [0.1, 0.15) is 0 Å². The van der Waals surface area contributed by atoms with Crippen molar-refractivity contribution in [2.45, 2.75) is 0 Å². The molecular weight excluding hydrogens is 242 g/mol. The predicted molar refractivity (Wildman–Crippen MR) is 59.7 cm³/mol. The van der Waals surface area contributed by atoms with Crippen LogP contribution < -0.4 is 0 Å². The van der Waals surface area contributed by atoms with Crippen LogP contribution in [0.15, 0.2) is 29.6 Å². The molecule has 1 heterocycles. The fourth-order valence-corrected chi connectivity index (χ4v) is 2.21. The largest absolute Gasteiger partial charge is 0.206 e. The summed E-state index contributed by atoms with van der Waals surface area (Å²) in [4.78, 5) is 0. The second-order valence-corrected chi connectivity index (χ2v) is 4.74. The molecule has 0 fully saturated rings. The maximum Gasteiger partial charge on any atom is 0.132 e. The molecule has 0 aliphatic carbocycles. The van der Waals surface area contributed by atoms with E-state index in [0.29, 0.717) is 14.9 Å². The molecule has 0 radical (unpaired) electrons. The van der Waals surface area contributed by atoms with Crippen LogP contribution in [0.5, 0.6) is 0 Å². The molecule has 0 nitrogen and oxygen atoms in total. The normalized spacial score (nSPS) is 10.5. The molecule has 0 saturated heterocycles. The van der Waals surface area contributed by atoms with E-state index in [9.17, 15) is 4.39 Å². The molecular formula is C10H5Cl2FS. The van der Waals surface area contributed by atoms with E-state index in [0.717, 1.165) is 5.56 Å². The number of rotatable bonds is 1. The Morgan fingerprint density at radius 2 is 1.93 bits per heavy atom. The van der Waals surface area contributed by atoms with Gasteiger partial charge in [-0.05, 0) is 29.8 Å². The van der Waals surface area contributed by atoms with Crippen molar-refractivity contribution in [3.63, 3.8) is 0 Å². The molecule has 0 aliphatic heterocycles. The topological polar surface area (TPSA) is 0 Å². The first-order valence-corrected chi connectivity index (χ1v) is 5.50. The number of benzene rings is 1. The Kier molecular flexibility index (Phi) is 2.77. The lowest BCUT2D eigenvalue weighted by Crippen LogP contribution is -1.81. The smallest absolute Gasteiger partial charge is 0.132 e. The Bertz CT molecular complexity index is 465. The molecule has 0 amide bonds. The lowest BCUT2D eigenvalue weighted by Gasteiger charge is -1.99. The van der Waals surface area contributed by atoms with Gasteiger partial charge in [0.2, 0.25) is 0 Å². The summed E-state index contributed by atoms with van der Waals surface area (Å²) in [5.74, 6) is -0.327. The highest BCUT2D eigenvalue weighted by Crippen LogP contribution is 2.31. The van der Waals surface area contributed by atoms with Gasteiger partial charge in [0.15, 0.2) is 0 Å². The van der Waals surface area contributed by atoms with Crippen LogP contribution in [0.25, 0.3) is 11.1 Å². The van der Waals surface area contributed by atoms with Crippen LogP contribution in [-0.2, 0) is 0 Å². The molecule has 0 N–H and O–H groups in total. The van der Waals surface area contributed by atoms with Crippen molar-refractivity contribution in [1.82, 2.24) is 0 Å². The molecule has 2 rings (SSSR count). The van der Waals surface area contributed by atoms with E-state index in [2.05, 4.69) is 0 Å². The van der Waals surface area contributed by atoms with Crippen molar-refractivity contribution in [3.05, 3.63) is 44.8 Å². The zero-order valence-electron chi connectivity index (χ0n) is 6.93. The van der Waals surface area contributed by atoms with Gasteiger partial charge in [0, 0.05) is 16.0 Å². The van der Waals surface area contributed by atoms with E-state index >= 15 is 0 Å². The summed E-state index contributed by atoms with van der Waals surface area (Å²) in [6, 6.07) is 6.34. The van der Waals surface area contributed by atoms with Gasteiger partial charge < -0.3 is 0 Å². The molecule has 4 heteroatoms. The van der Waals surface area contributed by atoms with Crippen molar-refractivity contribution in [2.24, 2.45) is 0 Å². The molecule has 72 valence electrons. The van der Waals surface area contributed by atoms with Crippen LogP contribution in [0.3, 0.4) is 0 Å². The lowest BCUT2D eigenvalue weighted by atomic mass is 10.1. The van der Waals surface area contributed by atoms with Crippen molar-refractivity contribution < 1.29 is 4.39 Å². The second kappa shape index (κ2) is 3.89. The first-order valence-electron chi connectivity index (χ1n) is 3.86. The molecule has 0 unspecified atom stereocenters. The van der Waals surface area contributed by atoms with Gasteiger partial charge in [-0.25, -0.2) is 4.39 Å². The van der Waals surface area contributed by atoms with Gasteiger partial charge in [0.25, 0.3) is 0 Å². The summed E-state index contributed by atoms with van der Waals surface area (Å²) < 4.78 is 14.1. The third kappa shape index (κ3) is 1.92. The predicted octanol–water partition coefficient (Wildman–Crippen LogP) is 4.86. The number of thiophene rings is 1. The van der Waals surface area contributed by atoms with Gasteiger partial charge in [-0.15, -0.1) is 11.3 Å². The highest BCUT2D eigenvalue weighted by molar-refractivity contribution is 7.14. The van der Waals surface area contributed by atoms with Crippen molar-refractivity contribution >= 4 is 34.5 Å². The first-order chi connectivity index (χ1) is 6.66. The third-order valence-corrected chi connectivity index (χ3v) is 3.14. The first kappa shape index (κ1) is 9.97. The second-order valence-electron chi connectivity index (χ2n) is 2.76. The van der Waals surface area contributed by atoms with Gasteiger partial charge in [-0.3, -0.25) is 0 Å². The van der Waals surface area contributed by atoms with E-state index in [-0.39, 0.29) is 5.82 Å². The van der Waals surface area contributed by atoms with Crippen molar-refractivity contribution in [3.8, 4) is 11.1 Å². The van der Waals surface area contributed by atoms with Crippen LogP contribution in [0.2, 0.25) is 9.36 Å². The minimum absolute atomic E-state index is 0.327. The van der Waals surface area contributed by atoms with Gasteiger partial charge in [0.05, 0.1) is 4.34 Å². The van der Waals surface area contributed by atoms with Crippen LogP contribution >= 0.6 is 34.5 Å². The number of hydrogen-bond donors (Lipinski definition) is 0. The maximum absolute atomic E-state index is 13.4. The summed E-state index contributed by atoms with van der Waals surface area (Å²) in [5.41, 5.74) is 1.31. The maximum atomic E-state index is 13.4. The van der Waals surface area contributed by atoms with E-state index in [1.165, 1.54) is 17.4 Å². The fourth-order valence-electron chi connectivity index (χ4n) is 1.17. The number of halogens is 3. The molecule has 0 spiro atoms. The molecule has 0 aliphatic rings. The monoisotopic (exact) mass is 246 g/mol. The summed E-state index contributed by atoms with van der Waals surface area (Å²) in [7, 11) is 0. The minimum atomic E-state index is -0.327. The van der Waals surface area contributed by atoms with E-state index in [4.69, 9.17) is 23.2 Å². The van der Waals surface area contributed by atoms with Gasteiger partial charge in [-0.1, -0.05) is 23.2 Å². The Labute approximate surface area is 94.9 Å². The summed E-state index contributed by atoms with van der Waals surface area (Å²) >= 11 is 12.8. The average molecular weight is 247 g/mol. The van der Waals surface area contributed by atoms with Gasteiger partial charge in [0.1, 0.15) is 5.82 Å². The van der Waals surface area contributed by atoms with Crippen LogP contribution in [0, 0.1) is 5.82 Å². The quantitative estimate of drug-likeness (QED) is 0.674. The lowest BCUT2D eigenvalue weighted by molar-refractivity contribution is 0.631. The third-order valence-electron chi connectivity index (χ3n) is 1.81. The van der Waals surface area contributed by atoms with Gasteiger partial charge in [-0.2, -0.15) is 0 Å².